The number of nitrogens with zero attached hydrogens (tertiary/aromatic N) is 2. The van der Waals surface area contributed by atoms with Crippen molar-refractivity contribution >= 4 is 11.6 Å². The highest BCUT2D eigenvalue weighted by atomic mass is 16.2. The standard InChI is InChI=1S/C17H27N3O/c1-4-18-12-15-7-8-16(11-14(15)2)19(3)13-17(21)20-9-5-6-10-20/h7-8,11,18H,4-6,9-10,12-13H2,1-3H3. The van der Waals surface area contributed by atoms with Gasteiger partial charge in [-0.1, -0.05) is 13.0 Å². The summed E-state index contributed by atoms with van der Waals surface area (Å²) in [6, 6.07) is 6.44. The van der Waals surface area contributed by atoms with E-state index in [1.54, 1.807) is 0 Å². The Morgan fingerprint density at radius 3 is 2.67 bits per heavy atom. The smallest absolute Gasteiger partial charge is 0.242 e. The molecule has 0 unspecified atom stereocenters. The monoisotopic (exact) mass is 289 g/mol. The number of likely N-dealkylation sites (tertiary alicyclic amines) is 1. The molecule has 4 nitrogen and oxygen atoms in total. The minimum absolute atomic E-state index is 0.240. The molecule has 2 rings (SSSR count). The Morgan fingerprint density at radius 1 is 1.33 bits per heavy atom. The van der Waals surface area contributed by atoms with E-state index >= 15 is 0 Å². The van der Waals surface area contributed by atoms with Crippen LogP contribution in [0.3, 0.4) is 0 Å². The van der Waals surface area contributed by atoms with E-state index < -0.39 is 0 Å². The lowest BCUT2D eigenvalue weighted by atomic mass is 10.1. The number of benzene rings is 1. The molecular weight excluding hydrogens is 262 g/mol. The fourth-order valence-electron chi connectivity index (χ4n) is 2.74. The third kappa shape index (κ3) is 4.21. The van der Waals surface area contributed by atoms with Crippen molar-refractivity contribution < 1.29 is 4.79 Å². The summed E-state index contributed by atoms with van der Waals surface area (Å²) < 4.78 is 0. The summed E-state index contributed by atoms with van der Waals surface area (Å²) >= 11 is 0. The number of hydrogen-bond donors (Lipinski definition) is 1. The number of hydrogen-bond acceptors (Lipinski definition) is 3. The largest absolute Gasteiger partial charge is 0.365 e. The van der Waals surface area contributed by atoms with Gasteiger partial charge in [-0.2, -0.15) is 0 Å². The number of carbonyl (C=O) groups excluding carboxylic acids is 1. The summed E-state index contributed by atoms with van der Waals surface area (Å²) in [5, 5.41) is 3.35. The molecule has 1 amide bonds. The number of anilines is 1. The number of rotatable bonds is 6. The first kappa shape index (κ1) is 15.8. The molecule has 0 spiro atoms. The van der Waals surface area contributed by atoms with Crippen LogP contribution in [-0.2, 0) is 11.3 Å². The number of carbonyl (C=O) groups is 1. The third-order valence-electron chi connectivity index (χ3n) is 4.16. The second-order valence-electron chi connectivity index (χ2n) is 5.84. The Bertz CT molecular complexity index is 481. The highest BCUT2D eigenvalue weighted by molar-refractivity contribution is 5.81. The molecule has 1 aromatic carbocycles. The molecule has 0 atom stereocenters. The number of likely N-dealkylation sites (N-methyl/N-ethyl adjacent to an activating group) is 1. The van der Waals surface area contributed by atoms with Crippen LogP contribution in [0.1, 0.15) is 30.9 Å². The van der Waals surface area contributed by atoms with Crippen LogP contribution >= 0.6 is 0 Å². The third-order valence-corrected chi connectivity index (χ3v) is 4.16. The molecule has 116 valence electrons. The second-order valence-corrected chi connectivity index (χ2v) is 5.84. The summed E-state index contributed by atoms with van der Waals surface area (Å²) in [6.45, 7) is 8.44. The molecule has 1 aliphatic heterocycles. The molecule has 1 aliphatic rings. The first-order valence-corrected chi connectivity index (χ1v) is 7.91. The normalized spacial score (nSPS) is 14.5. The lowest BCUT2D eigenvalue weighted by Gasteiger charge is -2.23. The molecule has 0 radical (unpaired) electrons. The van der Waals surface area contributed by atoms with Gasteiger partial charge in [0.05, 0.1) is 6.54 Å². The van der Waals surface area contributed by atoms with Gasteiger partial charge in [0.2, 0.25) is 5.91 Å². The van der Waals surface area contributed by atoms with Crippen LogP contribution in [0.2, 0.25) is 0 Å². The second kappa shape index (κ2) is 7.46. The van der Waals surface area contributed by atoms with Crippen LogP contribution < -0.4 is 10.2 Å². The molecule has 21 heavy (non-hydrogen) atoms. The van der Waals surface area contributed by atoms with Gasteiger partial charge in [-0.3, -0.25) is 4.79 Å². The SMILES string of the molecule is CCNCc1ccc(N(C)CC(=O)N2CCCC2)cc1C. The fourth-order valence-corrected chi connectivity index (χ4v) is 2.74. The zero-order chi connectivity index (χ0) is 15.2. The summed E-state index contributed by atoms with van der Waals surface area (Å²) in [7, 11) is 1.99. The molecule has 1 aromatic rings. The lowest BCUT2D eigenvalue weighted by molar-refractivity contribution is -0.128. The maximum Gasteiger partial charge on any atom is 0.242 e. The van der Waals surface area contributed by atoms with E-state index in [1.807, 2.05) is 16.8 Å². The quantitative estimate of drug-likeness (QED) is 0.872. The maximum absolute atomic E-state index is 12.2. The first-order chi connectivity index (χ1) is 10.1. The van der Waals surface area contributed by atoms with Crippen LogP contribution in [-0.4, -0.2) is 44.0 Å². The van der Waals surface area contributed by atoms with Crippen molar-refractivity contribution in [1.82, 2.24) is 10.2 Å². The van der Waals surface area contributed by atoms with E-state index in [4.69, 9.17) is 0 Å². The molecule has 1 saturated heterocycles. The van der Waals surface area contributed by atoms with E-state index in [0.717, 1.165) is 44.7 Å². The van der Waals surface area contributed by atoms with Gasteiger partial charge in [-0.15, -0.1) is 0 Å². The van der Waals surface area contributed by atoms with Crippen LogP contribution in [0.25, 0.3) is 0 Å². The van der Waals surface area contributed by atoms with Crippen molar-refractivity contribution in [2.45, 2.75) is 33.2 Å². The first-order valence-electron chi connectivity index (χ1n) is 7.91. The van der Waals surface area contributed by atoms with Crippen LogP contribution in [0.15, 0.2) is 18.2 Å². The Morgan fingerprint density at radius 2 is 2.05 bits per heavy atom. The average Bonchev–Trinajstić information content (AvgIpc) is 3.00. The minimum atomic E-state index is 0.240. The molecule has 0 aromatic heterocycles. The zero-order valence-corrected chi connectivity index (χ0v) is 13.5. The number of nitrogens with one attached hydrogen (secondary N) is 1. The van der Waals surface area contributed by atoms with E-state index in [9.17, 15) is 4.79 Å². The Labute approximate surface area is 128 Å². The van der Waals surface area contributed by atoms with Gasteiger partial charge in [0.25, 0.3) is 0 Å². The summed E-state index contributed by atoms with van der Waals surface area (Å²) in [5.41, 5.74) is 3.70. The van der Waals surface area contributed by atoms with Gasteiger partial charge in [-0.05, 0) is 49.6 Å². The molecule has 0 bridgehead atoms. The molecule has 1 fully saturated rings. The van der Waals surface area contributed by atoms with Crippen LogP contribution in [0, 0.1) is 6.92 Å². The summed E-state index contributed by atoms with van der Waals surface area (Å²) in [5.74, 6) is 0.240. The Hall–Kier alpha value is -1.55. The van der Waals surface area contributed by atoms with Crippen molar-refractivity contribution in [3.05, 3.63) is 29.3 Å². The highest BCUT2D eigenvalue weighted by Gasteiger charge is 2.19. The van der Waals surface area contributed by atoms with E-state index in [0.29, 0.717) is 6.54 Å². The molecule has 4 heteroatoms. The highest BCUT2D eigenvalue weighted by Crippen LogP contribution is 2.19. The zero-order valence-electron chi connectivity index (χ0n) is 13.5. The Kier molecular flexibility index (Phi) is 5.62. The predicted molar refractivity (Wildman–Crippen MR) is 87.6 cm³/mol. The van der Waals surface area contributed by atoms with Gasteiger partial charge in [-0.25, -0.2) is 0 Å². The van der Waals surface area contributed by atoms with Crippen molar-refractivity contribution in [1.29, 1.82) is 0 Å². The molecular formula is C17H27N3O. The average molecular weight is 289 g/mol. The predicted octanol–water partition coefficient (Wildman–Crippen LogP) is 2.16. The minimum Gasteiger partial charge on any atom is -0.365 e. The van der Waals surface area contributed by atoms with Gasteiger partial charge < -0.3 is 15.1 Å². The van der Waals surface area contributed by atoms with E-state index in [1.165, 1.54) is 11.1 Å². The van der Waals surface area contributed by atoms with Gasteiger partial charge in [0, 0.05) is 32.4 Å². The number of amides is 1. The van der Waals surface area contributed by atoms with Crippen LogP contribution in [0.5, 0.6) is 0 Å². The van der Waals surface area contributed by atoms with Crippen molar-refractivity contribution in [2.75, 3.05) is 38.1 Å². The van der Waals surface area contributed by atoms with E-state index in [-0.39, 0.29) is 5.91 Å². The summed E-state index contributed by atoms with van der Waals surface area (Å²) in [4.78, 5) is 16.2. The molecule has 1 N–H and O–H groups in total. The molecule has 0 aliphatic carbocycles. The molecule has 0 saturated carbocycles. The molecule has 1 heterocycles. The fraction of sp³-hybridized carbons (Fsp3) is 0.588. The summed E-state index contributed by atoms with van der Waals surface area (Å²) in [6.07, 6.45) is 2.29. The Balaban J connectivity index is 1.96. The van der Waals surface area contributed by atoms with Gasteiger partial charge in [0.15, 0.2) is 0 Å². The number of aryl methyl sites for hydroxylation is 1. The van der Waals surface area contributed by atoms with Crippen molar-refractivity contribution in [3.63, 3.8) is 0 Å². The van der Waals surface area contributed by atoms with Crippen LogP contribution in [0.4, 0.5) is 5.69 Å². The van der Waals surface area contributed by atoms with Crippen molar-refractivity contribution in [3.8, 4) is 0 Å². The maximum atomic E-state index is 12.2. The van der Waals surface area contributed by atoms with Crippen molar-refractivity contribution in [2.24, 2.45) is 0 Å². The topological polar surface area (TPSA) is 35.6 Å². The van der Waals surface area contributed by atoms with Gasteiger partial charge >= 0.3 is 0 Å². The lowest BCUT2D eigenvalue weighted by Crippen LogP contribution is -2.37. The van der Waals surface area contributed by atoms with E-state index in [2.05, 4.69) is 37.4 Å². The van der Waals surface area contributed by atoms with Gasteiger partial charge in [0.1, 0.15) is 0 Å².